The first-order valence-corrected chi connectivity index (χ1v) is 6.31. The van der Waals surface area contributed by atoms with Crippen LogP contribution in [0.25, 0.3) is 0 Å². The molecule has 0 radical (unpaired) electrons. The number of carbonyl (C=O) groups excluding carboxylic acids is 1. The maximum Gasteiger partial charge on any atom is 0.139 e. The zero-order valence-corrected chi connectivity index (χ0v) is 9.92. The fourth-order valence-electron chi connectivity index (χ4n) is 3.19. The van der Waals surface area contributed by atoms with Crippen molar-refractivity contribution in [1.82, 2.24) is 0 Å². The van der Waals surface area contributed by atoms with Gasteiger partial charge in [0.15, 0.2) is 0 Å². The minimum absolute atomic E-state index is 0.125. The highest BCUT2D eigenvalue weighted by molar-refractivity contribution is 5.83. The van der Waals surface area contributed by atoms with E-state index >= 15 is 0 Å². The van der Waals surface area contributed by atoms with Gasteiger partial charge in [-0.25, -0.2) is 0 Å². The molecule has 2 rings (SSSR count). The van der Waals surface area contributed by atoms with Crippen molar-refractivity contribution >= 4 is 5.78 Å². The van der Waals surface area contributed by atoms with Crippen molar-refractivity contribution in [1.29, 1.82) is 0 Å². The summed E-state index contributed by atoms with van der Waals surface area (Å²) in [4.78, 5) is 12.0. The molecule has 0 aliphatic heterocycles. The van der Waals surface area contributed by atoms with Crippen molar-refractivity contribution in [3.8, 4) is 0 Å². The van der Waals surface area contributed by atoms with Crippen LogP contribution < -0.4 is 0 Å². The summed E-state index contributed by atoms with van der Waals surface area (Å²) in [5.74, 6) is 0.637. The third-order valence-electron chi connectivity index (χ3n) is 4.36. The predicted molar refractivity (Wildman–Crippen MR) is 59.7 cm³/mol. The Bertz CT molecular complexity index is 243. The molecule has 0 N–H and O–H groups in total. The fourth-order valence-corrected chi connectivity index (χ4v) is 3.19. The van der Waals surface area contributed by atoms with Crippen molar-refractivity contribution < 1.29 is 9.53 Å². The van der Waals surface area contributed by atoms with E-state index in [1.165, 1.54) is 25.7 Å². The summed E-state index contributed by atoms with van der Waals surface area (Å²) >= 11 is 0. The second-order valence-electron chi connectivity index (χ2n) is 5.30. The molecule has 2 aliphatic carbocycles. The summed E-state index contributed by atoms with van der Waals surface area (Å²) in [6.45, 7) is 4.76. The number of rotatable bonds is 3. The largest absolute Gasteiger partial charge is 0.378 e. The highest BCUT2D eigenvalue weighted by Gasteiger charge is 2.45. The highest BCUT2D eigenvalue weighted by atomic mass is 16.5. The van der Waals surface area contributed by atoms with E-state index in [1.807, 2.05) is 13.8 Å². The van der Waals surface area contributed by atoms with Crippen molar-refractivity contribution in [2.45, 2.75) is 58.5 Å². The molecule has 0 heterocycles. The second-order valence-corrected chi connectivity index (χ2v) is 5.30. The molecular weight excluding hydrogens is 188 g/mol. The van der Waals surface area contributed by atoms with Crippen LogP contribution in [-0.2, 0) is 9.53 Å². The molecule has 2 fully saturated rings. The van der Waals surface area contributed by atoms with Crippen molar-refractivity contribution in [2.24, 2.45) is 11.3 Å². The molecule has 2 nitrogen and oxygen atoms in total. The van der Waals surface area contributed by atoms with Crippen molar-refractivity contribution in [2.75, 3.05) is 6.61 Å². The second kappa shape index (κ2) is 4.25. The molecule has 2 heteroatoms. The summed E-state index contributed by atoms with van der Waals surface area (Å²) in [6, 6.07) is 0. The fraction of sp³-hybridized carbons (Fsp3) is 0.923. The smallest absolute Gasteiger partial charge is 0.139 e. The van der Waals surface area contributed by atoms with Gasteiger partial charge in [0.05, 0.1) is 6.10 Å². The first-order chi connectivity index (χ1) is 7.17. The van der Waals surface area contributed by atoms with Gasteiger partial charge in [0.25, 0.3) is 0 Å². The zero-order valence-electron chi connectivity index (χ0n) is 9.92. The highest BCUT2D eigenvalue weighted by Crippen LogP contribution is 2.52. The lowest BCUT2D eigenvalue weighted by atomic mass is 9.58. The minimum Gasteiger partial charge on any atom is -0.378 e. The molecule has 2 saturated carbocycles. The molecule has 2 atom stereocenters. The first-order valence-electron chi connectivity index (χ1n) is 6.31. The number of carbonyl (C=O) groups is 1. The van der Waals surface area contributed by atoms with Gasteiger partial charge in [-0.1, -0.05) is 6.42 Å². The normalized spacial score (nSPS) is 31.3. The van der Waals surface area contributed by atoms with Crippen LogP contribution in [0.3, 0.4) is 0 Å². The van der Waals surface area contributed by atoms with Gasteiger partial charge in [-0.15, -0.1) is 0 Å². The van der Waals surface area contributed by atoms with Gasteiger partial charge in [0.2, 0.25) is 0 Å². The summed E-state index contributed by atoms with van der Waals surface area (Å²) < 4.78 is 5.55. The Kier molecular flexibility index (Phi) is 3.15. The van der Waals surface area contributed by atoms with E-state index in [0.29, 0.717) is 11.2 Å². The average Bonchev–Trinajstić information content (AvgIpc) is 2.15. The quantitative estimate of drug-likeness (QED) is 0.716. The van der Waals surface area contributed by atoms with Crippen molar-refractivity contribution in [3.05, 3.63) is 0 Å². The lowest BCUT2D eigenvalue weighted by Crippen LogP contribution is -2.42. The van der Waals surface area contributed by atoms with E-state index in [0.717, 1.165) is 19.4 Å². The Hall–Kier alpha value is -0.370. The number of ketones is 1. The molecule has 2 aliphatic rings. The maximum absolute atomic E-state index is 12.0. The van der Waals surface area contributed by atoms with Crippen LogP contribution in [0.2, 0.25) is 0 Å². The molecule has 1 spiro atoms. The SMILES string of the molecule is CCOC(C)C1CCC2(CCC2)CC1=O. The van der Waals surface area contributed by atoms with E-state index in [9.17, 15) is 4.79 Å². The van der Waals surface area contributed by atoms with Crippen LogP contribution in [0.1, 0.15) is 52.4 Å². The van der Waals surface area contributed by atoms with Gasteiger partial charge in [-0.05, 0) is 44.9 Å². The van der Waals surface area contributed by atoms with E-state index in [-0.39, 0.29) is 12.0 Å². The molecular formula is C13H22O2. The van der Waals surface area contributed by atoms with Crippen molar-refractivity contribution in [3.63, 3.8) is 0 Å². The summed E-state index contributed by atoms with van der Waals surface area (Å²) in [7, 11) is 0. The third-order valence-corrected chi connectivity index (χ3v) is 4.36. The lowest BCUT2D eigenvalue weighted by molar-refractivity contribution is -0.137. The van der Waals surface area contributed by atoms with Crippen LogP contribution in [0.4, 0.5) is 0 Å². The maximum atomic E-state index is 12.0. The lowest BCUT2D eigenvalue weighted by Gasteiger charge is -2.46. The topological polar surface area (TPSA) is 26.3 Å². The van der Waals surface area contributed by atoms with Gasteiger partial charge in [0.1, 0.15) is 5.78 Å². The Morgan fingerprint density at radius 3 is 2.67 bits per heavy atom. The Morgan fingerprint density at radius 2 is 2.20 bits per heavy atom. The summed E-state index contributed by atoms with van der Waals surface area (Å²) in [6.07, 6.45) is 7.16. The standard InChI is InChI=1S/C13H22O2/c1-3-15-10(2)11-5-8-13(6-4-7-13)9-12(11)14/h10-11H,3-9H2,1-2H3. The zero-order chi connectivity index (χ0) is 10.9. The van der Waals surface area contributed by atoms with E-state index in [4.69, 9.17) is 4.74 Å². The molecule has 0 amide bonds. The monoisotopic (exact) mass is 210 g/mol. The van der Waals surface area contributed by atoms with Crippen LogP contribution in [0, 0.1) is 11.3 Å². The molecule has 0 aromatic heterocycles. The Balaban J connectivity index is 1.92. The number of hydrogen-bond acceptors (Lipinski definition) is 2. The molecule has 0 aromatic rings. The number of Topliss-reactive ketones (excluding diaryl/α,β-unsaturated/α-hetero) is 1. The van der Waals surface area contributed by atoms with Crippen LogP contribution in [0.5, 0.6) is 0 Å². The van der Waals surface area contributed by atoms with Crippen LogP contribution in [0.15, 0.2) is 0 Å². The Morgan fingerprint density at radius 1 is 1.47 bits per heavy atom. The minimum atomic E-state index is 0.125. The van der Waals surface area contributed by atoms with Gasteiger partial charge in [0, 0.05) is 18.9 Å². The third kappa shape index (κ3) is 2.10. The molecule has 0 aromatic carbocycles. The molecule has 15 heavy (non-hydrogen) atoms. The molecule has 2 unspecified atom stereocenters. The van der Waals surface area contributed by atoms with Gasteiger partial charge in [-0.2, -0.15) is 0 Å². The van der Waals surface area contributed by atoms with Gasteiger partial charge < -0.3 is 4.74 Å². The molecule has 0 bridgehead atoms. The van der Waals surface area contributed by atoms with E-state index in [1.54, 1.807) is 0 Å². The Labute approximate surface area is 92.4 Å². The number of ether oxygens (including phenoxy) is 1. The average molecular weight is 210 g/mol. The molecule has 86 valence electrons. The number of hydrogen-bond donors (Lipinski definition) is 0. The van der Waals surface area contributed by atoms with Crippen LogP contribution >= 0.6 is 0 Å². The first kappa shape index (κ1) is 11.1. The predicted octanol–water partition coefficient (Wildman–Crippen LogP) is 2.95. The summed E-state index contributed by atoms with van der Waals surface area (Å²) in [5, 5.41) is 0. The van der Waals surface area contributed by atoms with E-state index < -0.39 is 0 Å². The molecule has 0 saturated heterocycles. The van der Waals surface area contributed by atoms with Gasteiger partial charge >= 0.3 is 0 Å². The van der Waals surface area contributed by atoms with E-state index in [2.05, 4.69) is 0 Å². The van der Waals surface area contributed by atoms with Crippen LogP contribution in [-0.4, -0.2) is 18.5 Å². The summed E-state index contributed by atoms with van der Waals surface area (Å²) in [5.41, 5.74) is 0.430. The van der Waals surface area contributed by atoms with Gasteiger partial charge in [-0.3, -0.25) is 4.79 Å².